The lowest BCUT2D eigenvalue weighted by Crippen LogP contribution is -2.08. The van der Waals surface area contributed by atoms with Crippen molar-refractivity contribution in [1.82, 2.24) is 0 Å². The Morgan fingerprint density at radius 1 is 0.356 bits per heavy atom. The fourth-order valence-electron chi connectivity index (χ4n) is 5.04. The molecule has 0 amide bonds. The number of hydrogen-bond acceptors (Lipinski definition) is 3. The Bertz CT molecular complexity index is 1650. The summed E-state index contributed by atoms with van der Waals surface area (Å²) in [6.07, 6.45) is 7.97. The predicted molar refractivity (Wildman–Crippen MR) is 190 cm³/mol. The first-order valence-corrected chi connectivity index (χ1v) is 15.2. The monoisotopic (exact) mass is 584 g/mol. The maximum Gasteiger partial charge on any atom is 0.102 e. The largest absolute Gasteiger partial charge is 0.357 e. The molecule has 220 valence electrons. The van der Waals surface area contributed by atoms with Gasteiger partial charge in [-0.05, 0) is 70.8 Å². The van der Waals surface area contributed by atoms with E-state index < -0.39 is 0 Å². The molecule has 2 N–H and O–H groups in total. The van der Waals surface area contributed by atoms with Gasteiger partial charge in [-0.2, -0.15) is 0 Å². The Balaban J connectivity index is 1.29. The SMILES string of the molecule is C(=CC(OC(C=Cc1ccccc1)c1ccc(Nc2ccccc2)cc1)c1ccc(Nc2ccccc2)cc1)c1ccccc1. The second-order valence-corrected chi connectivity index (χ2v) is 10.7. The molecular weight excluding hydrogens is 548 g/mol. The number of para-hydroxylation sites is 2. The summed E-state index contributed by atoms with van der Waals surface area (Å²) in [6.45, 7) is 0. The molecule has 0 radical (unpaired) electrons. The van der Waals surface area contributed by atoms with E-state index in [0.717, 1.165) is 45.0 Å². The van der Waals surface area contributed by atoms with Crippen LogP contribution < -0.4 is 10.6 Å². The van der Waals surface area contributed by atoms with E-state index in [4.69, 9.17) is 4.74 Å². The summed E-state index contributed by atoms with van der Waals surface area (Å²) in [6, 6.07) is 58.1. The summed E-state index contributed by atoms with van der Waals surface area (Å²) in [7, 11) is 0. The molecule has 45 heavy (non-hydrogen) atoms. The second kappa shape index (κ2) is 15.2. The van der Waals surface area contributed by atoms with Gasteiger partial charge in [0.2, 0.25) is 0 Å². The predicted octanol–water partition coefficient (Wildman–Crippen LogP) is 11.4. The van der Waals surface area contributed by atoms with Crippen molar-refractivity contribution in [2.24, 2.45) is 0 Å². The summed E-state index contributed by atoms with van der Waals surface area (Å²) in [5, 5.41) is 6.96. The normalized spacial score (nSPS) is 12.6. The lowest BCUT2D eigenvalue weighted by molar-refractivity contribution is 0.0408. The van der Waals surface area contributed by atoms with Crippen LogP contribution in [0.2, 0.25) is 0 Å². The van der Waals surface area contributed by atoms with E-state index in [1.807, 2.05) is 48.5 Å². The molecule has 3 heteroatoms. The molecule has 2 atom stereocenters. The zero-order valence-corrected chi connectivity index (χ0v) is 25.0. The van der Waals surface area contributed by atoms with Gasteiger partial charge in [0.25, 0.3) is 0 Å². The van der Waals surface area contributed by atoms with Crippen LogP contribution in [0.25, 0.3) is 12.2 Å². The molecule has 0 aromatic heterocycles. The van der Waals surface area contributed by atoms with Crippen molar-refractivity contribution in [3.05, 3.63) is 204 Å². The van der Waals surface area contributed by atoms with Crippen molar-refractivity contribution in [2.45, 2.75) is 12.2 Å². The van der Waals surface area contributed by atoms with Gasteiger partial charge in [-0.1, -0.05) is 146 Å². The number of rotatable bonds is 12. The summed E-state index contributed by atoms with van der Waals surface area (Å²) in [4.78, 5) is 0. The highest BCUT2D eigenvalue weighted by atomic mass is 16.5. The molecule has 6 aromatic rings. The van der Waals surface area contributed by atoms with Crippen molar-refractivity contribution in [3.63, 3.8) is 0 Å². The van der Waals surface area contributed by atoms with Gasteiger partial charge in [0, 0.05) is 22.7 Å². The van der Waals surface area contributed by atoms with Crippen LogP contribution in [0, 0.1) is 0 Å². The molecule has 0 saturated heterocycles. The van der Waals surface area contributed by atoms with Crippen LogP contribution in [0.1, 0.15) is 34.5 Å². The number of benzene rings is 6. The number of hydrogen-bond donors (Lipinski definition) is 2. The van der Waals surface area contributed by atoms with E-state index in [1.165, 1.54) is 0 Å². The van der Waals surface area contributed by atoms with Crippen molar-refractivity contribution in [2.75, 3.05) is 10.6 Å². The minimum absolute atomic E-state index is 0.288. The molecular formula is C42H36N2O. The smallest absolute Gasteiger partial charge is 0.102 e. The van der Waals surface area contributed by atoms with E-state index in [9.17, 15) is 0 Å². The van der Waals surface area contributed by atoms with E-state index in [2.05, 4.69) is 156 Å². The lowest BCUT2D eigenvalue weighted by Gasteiger charge is -2.23. The van der Waals surface area contributed by atoms with E-state index >= 15 is 0 Å². The third kappa shape index (κ3) is 8.70. The van der Waals surface area contributed by atoms with Gasteiger partial charge < -0.3 is 15.4 Å². The highest BCUT2D eigenvalue weighted by molar-refractivity contribution is 5.61. The quantitative estimate of drug-likeness (QED) is 0.150. The molecule has 6 aromatic carbocycles. The first-order chi connectivity index (χ1) is 22.3. The Morgan fingerprint density at radius 3 is 1.02 bits per heavy atom. The summed E-state index contributed by atoms with van der Waals surface area (Å²) < 4.78 is 6.97. The molecule has 0 aliphatic rings. The molecule has 0 aliphatic carbocycles. The fourth-order valence-corrected chi connectivity index (χ4v) is 5.04. The minimum Gasteiger partial charge on any atom is -0.357 e. The first-order valence-electron chi connectivity index (χ1n) is 15.2. The molecule has 0 heterocycles. The molecule has 3 nitrogen and oxygen atoms in total. The highest BCUT2D eigenvalue weighted by Gasteiger charge is 2.17. The number of nitrogens with one attached hydrogen (secondary N) is 2. The van der Waals surface area contributed by atoms with Gasteiger partial charge in [-0.3, -0.25) is 0 Å². The number of anilines is 4. The van der Waals surface area contributed by atoms with E-state index in [1.54, 1.807) is 0 Å². The highest BCUT2D eigenvalue weighted by Crippen LogP contribution is 2.32. The third-order valence-electron chi connectivity index (χ3n) is 7.42. The van der Waals surface area contributed by atoms with Crippen LogP contribution in [0.15, 0.2) is 182 Å². The van der Waals surface area contributed by atoms with Crippen LogP contribution in [-0.4, -0.2) is 0 Å². The molecule has 0 saturated carbocycles. The van der Waals surface area contributed by atoms with Crippen LogP contribution in [0.3, 0.4) is 0 Å². The zero-order chi connectivity index (χ0) is 30.5. The van der Waals surface area contributed by atoms with Crippen LogP contribution in [0.4, 0.5) is 22.7 Å². The maximum absolute atomic E-state index is 6.97. The van der Waals surface area contributed by atoms with Crippen LogP contribution in [-0.2, 0) is 4.74 Å². The van der Waals surface area contributed by atoms with Gasteiger partial charge in [-0.25, -0.2) is 0 Å². The molecule has 0 aliphatic heterocycles. The zero-order valence-electron chi connectivity index (χ0n) is 25.0. The average Bonchev–Trinajstić information content (AvgIpc) is 3.11. The van der Waals surface area contributed by atoms with Gasteiger partial charge in [-0.15, -0.1) is 0 Å². The molecule has 6 rings (SSSR count). The lowest BCUT2D eigenvalue weighted by atomic mass is 10.0. The second-order valence-electron chi connectivity index (χ2n) is 10.7. The van der Waals surface area contributed by atoms with Crippen LogP contribution >= 0.6 is 0 Å². The minimum atomic E-state index is -0.288. The first kappa shape index (κ1) is 29.4. The fraction of sp³-hybridized carbons (Fsp3) is 0.0476. The van der Waals surface area contributed by atoms with E-state index in [0.29, 0.717) is 0 Å². The summed E-state index contributed by atoms with van der Waals surface area (Å²) in [5.41, 5.74) is 8.55. The van der Waals surface area contributed by atoms with Gasteiger partial charge >= 0.3 is 0 Å². The van der Waals surface area contributed by atoms with Crippen molar-refractivity contribution in [3.8, 4) is 0 Å². The number of ether oxygens (including phenoxy) is 1. The molecule has 2 unspecified atom stereocenters. The molecule has 0 spiro atoms. The standard InChI is InChI=1S/C42H36N2O/c1-5-13-33(14-6-1)21-31-41(35-23-27-39(28-24-35)43-37-17-9-3-10-18-37)45-42(32-22-34-15-7-2-8-16-34)36-25-29-40(30-26-36)44-38-19-11-4-12-20-38/h1-32,41-44H. The van der Waals surface area contributed by atoms with Crippen LogP contribution in [0.5, 0.6) is 0 Å². The Hall–Kier alpha value is -5.64. The van der Waals surface area contributed by atoms with Crippen molar-refractivity contribution in [1.29, 1.82) is 0 Å². The van der Waals surface area contributed by atoms with Gasteiger partial charge in [0.15, 0.2) is 0 Å². The maximum atomic E-state index is 6.97. The molecule has 0 bridgehead atoms. The molecule has 0 fully saturated rings. The Labute approximate surface area is 266 Å². The topological polar surface area (TPSA) is 33.3 Å². The van der Waals surface area contributed by atoms with Crippen molar-refractivity contribution >= 4 is 34.9 Å². The van der Waals surface area contributed by atoms with Gasteiger partial charge in [0.05, 0.1) is 0 Å². The summed E-state index contributed by atoms with van der Waals surface area (Å²) in [5.74, 6) is 0. The van der Waals surface area contributed by atoms with Gasteiger partial charge in [0.1, 0.15) is 12.2 Å². The third-order valence-corrected chi connectivity index (χ3v) is 7.42. The van der Waals surface area contributed by atoms with E-state index in [-0.39, 0.29) is 12.2 Å². The Kier molecular flexibility index (Phi) is 9.94. The summed E-state index contributed by atoms with van der Waals surface area (Å²) >= 11 is 0. The Morgan fingerprint density at radius 2 is 0.667 bits per heavy atom. The average molecular weight is 585 g/mol. The van der Waals surface area contributed by atoms with Crippen molar-refractivity contribution < 1.29 is 4.74 Å².